The fourth-order valence-corrected chi connectivity index (χ4v) is 3.28. The fourth-order valence-electron chi connectivity index (χ4n) is 2.59. The Labute approximate surface area is 84.7 Å². The van der Waals surface area contributed by atoms with E-state index in [-0.39, 0.29) is 6.10 Å². The molecule has 1 aliphatic carbocycles. The molecule has 1 aliphatic heterocycles. The molecule has 2 aliphatic rings. The monoisotopic (exact) mass is 201 g/mol. The summed E-state index contributed by atoms with van der Waals surface area (Å²) in [6.07, 6.45) is 6.91. The van der Waals surface area contributed by atoms with Crippen LogP contribution in [0.15, 0.2) is 0 Å². The van der Waals surface area contributed by atoms with E-state index in [0.29, 0.717) is 6.04 Å². The highest BCUT2D eigenvalue weighted by atomic mass is 32.2. The summed E-state index contributed by atoms with van der Waals surface area (Å²) < 4.78 is 0. The summed E-state index contributed by atoms with van der Waals surface area (Å²) >= 11 is 1.97. The van der Waals surface area contributed by atoms with Gasteiger partial charge in [0, 0.05) is 17.8 Å². The van der Waals surface area contributed by atoms with Gasteiger partial charge in [-0.3, -0.25) is 4.90 Å². The van der Waals surface area contributed by atoms with Crippen LogP contribution in [0.3, 0.4) is 0 Å². The first-order chi connectivity index (χ1) is 6.31. The summed E-state index contributed by atoms with van der Waals surface area (Å²) in [5, 5.41) is 10.6. The van der Waals surface area contributed by atoms with Crippen LogP contribution in [0.1, 0.15) is 25.7 Å². The molecule has 0 aromatic heterocycles. The third-order valence-electron chi connectivity index (χ3n) is 3.42. The average molecular weight is 201 g/mol. The minimum absolute atomic E-state index is 0.0411. The number of hydrogen-bond donors (Lipinski definition) is 1. The van der Waals surface area contributed by atoms with Gasteiger partial charge in [0.1, 0.15) is 0 Å². The van der Waals surface area contributed by atoms with Crippen LogP contribution in [0.25, 0.3) is 0 Å². The summed E-state index contributed by atoms with van der Waals surface area (Å²) in [7, 11) is 0. The molecule has 1 heterocycles. The molecule has 1 saturated carbocycles. The summed E-state index contributed by atoms with van der Waals surface area (Å²) in [6.45, 7) is 2.40. The second kappa shape index (κ2) is 4.20. The maximum Gasteiger partial charge on any atom is 0.0695 e. The van der Waals surface area contributed by atoms with Gasteiger partial charge in [0.05, 0.1) is 6.10 Å². The molecule has 0 bridgehead atoms. The summed E-state index contributed by atoms with van der Waals surface area (Å²) in [4.78, 5) is 2.50. The predicted octanol–water partition coefficient (Wildman–Crippen LogP) is 1.34. The summed E-state index contributed by atoms with van der Waals surface area (Å²) in [5.74, 6) is 0. The molecule has 2 rings (SSSR count). The van der Waals surface area contributed by atoms with Gasteiger partial charge in [-0.05, 0) is 38.5 Å². The highest BCUT2D eigenvalue weighted by Gasteiger charge is 2.34. The molecule has 3 unspecified atom stereocenters. The molecule has 1 saturated heterocycles. The lowest BCUT2D eigenvalue weighted by Crippen LogP contribution is -2.38. The van der Waals surface area contributed by atoms with Gasteiger partial charge in [0.2, 0.25) is 0 Å². The van der Waals surface area contributed by atoms with Crippen LogP contribution in [0, 0.1) is 0 Å². The molecule has 0 aromatic carbocycles. The van der Waals surface area contributed by atoms with E-state index in [4.69, 9.17) is 0 Å². The zero-order chi connectivity index (χ0) is 9.26. The van der Waals surface area contributed by atoms with Gasteiger partial charge in [0.15, 0.2) is 0 Å². The Bertz CT molecular complexity index is 176. The number of aliphatic hydroxyl groups excluding tert-OH is 1. The van der Waals surface area contributed by atoms with Crippen LogP contribution >= 0.6 is 11.8 Å². The first kappa shape index (κ1) is 9.81. The number of thioether (sulfide) groups is 1. The largest absolute Gasteiger partial charge is 0.391 e. The van der Waals surface area contributed by atoms with E-state index >= 15 is 0 Å². The molecule has 0 spiro atoms. The molecule has 0 amide bonds. The minimum atomic E-state index is -0.0411. The van der Waals surface area contributed by atoms with E-state index in [1.54, 1.807) is 0 Å². The van der Waals surface area contributed by atoms with Gasteiger partial charge in [-0.2, -0.15) is 11.8 Å². The maximum absolute atomic E-state index is 9.76. The third kappa shape index (κ3) is 2.03. The molecule has 76 valence electrons. The molecule has 13 heavy (non-hydrogen) atoms. The van der Waals surface area contributed by atoms with Gasteiger partial charge >= 0.3 is 0 Å². The predicted molar refractivity (Wildman–Crippen MR) is 57.1 cm³/mol. The Morgan fingerprint density at radius 3 is 2.69 bits per heavy atom. The van der Waals surface area contributed by atoms with Crippen molar-refractivity contribution in [1.82, 2.24) is 4.90 Å². The van der Waals surface area contributed by atoms with Crippen LogP contribution in [-0.2, 0) is 0 Å². The number of hydrogen-bond acceptors (Lipinski definition) is 3. The van der Waals surface area contributed by atoms with Crippen molar-refractivity contribution < 1.29 is 5.11 Å². The lowest BCUT2D eigenvalue weighted by molar-refractivity contribution is 0.0856. The zero-order valence-electron chi connectivity index (χ0n) is 8.28. The molecule has 2 fully saturated rings. The zero-order valence-corrected chi connectivity index (χ0v) is 9.09. The Balaban J connectivity index is 1.88. The van der Waals surface area contributed by atoms with E-state index in [9.17, 15) is 5.11 Å². The quantitative estimate of drug-likeness (QED) is 0.729. The van der Waals surface area contributed by atoms with Crippen molar-refractivity contribution >= 4 is 11.8 Å². The number of rotatable bonds is 2. The highest BCUT2D eigenvalue weighted by Crippen LogP contribution is 2.29. The fraction of sp³-hybridized carbons (Fsp3) is 1.00. The van der Waals surface area contributed by atoms with Gasteiger partial charge in [-0.15, -0.1) is 0 Å². The summed E-state index contributed by atoms with van der Waals surface area (Å²) in [6, 6.07) is 0.483. The first-order valence-electron chi connectivity index (χ1n) is 5.26. The van der Waals surface area contributed by atoms with Gasteiger partial charge in [-0.1, -0.05) is 0 Å². The maximum atomic E-state index is 9.76. The van der Waals surface area contributed by atoms with Crippen molar-refractivity contribution in [2.45, 2.75) is 43.1 Å². The number of likely N-dealkylation sites (tertiary alicyclic amines) is 1. The van der Waals surface area contributed by atoms with E-state index in [0.717, 1.165) is 11.7 Å². The Morgan fingerprint density at radius 2 is 2.15 bits per heavy atom. The van der Waals surface area contributed by atoms with E-state index in [1.807, 2.05) is 11.8 Å². The lowest BCUT2D eigenvalue weighted by atomic mass is 10.2. The minimum Gasteiger partial charge on any atom is -0.391 e. The Kier molecular flexibility index (Phi) is 3.17. The first-order valence-corrected chi connectivity index (χ1v) is 6.55. The van der Waals surface area contributed by atoms with Crippen molar-refractivity contribution in [2.24, 2.45) is 0 Å². The number of aliphatic hydroxyl groups is 1. The van der Waals surface area contributed by atoms with Gasteiger partial charge in [0.25, 0.3) is 0 Å². The standard InChI is InChI=1S/C10H19NOS/c1-13-8-5-6-11(7-8)9-3-2-4-10(9)12/h8-10,12H,2-7H2,1H3. The molecule has 2 nitrogen and oxygen atoms in total. The van der Waals surface area contributed by atoms with Crippen molar-refractivity contribution in [1.29, 1.82) is 0 Å². The number of nitrogens with zero attached hydrogens (tertiary/aromatic N) is 1. The second-order valence-corrected chi connectivity index (χ2v) is 5.34. The van der Waals surface area contributed by atoms with Crippen molar-refractivity contribution in [2.75, 3.05) is 19.3 Å². The van der Waals surface area contributed by atoms with E-state index in [2.05, 4.69) is 11.2 Å². The normalized spacial score (nSPS) is 41.5. The molecule has 3 atom stereocenters. The SMILES string of the molecule is CSC1CCN(C2CCCC2O)C1. The molecular weight excluding hydrogens is 182 g/mol. The molecule has 3 heteroatoms. The lowest BCUT2D eigenvalue weighted by Gasteiger charge is -2.26. The molecule has 0 aromatic rings. The second-order valence-electron chi connectivity index (χ2n) is 4.21. The van der Waals surface area contributed by atoms with Crippen LogP contribution in [0.2, 0.25) is 0 Å². The van der Waals surface area contributed by atoms with Crippen LogP contribution < -0.4 is 0 Å². The average Bonchev–Trinajstić information content (AvgIpc) is 2.71. The van der Waals surface area contributed by atoms with Crippen molar-refractivity contribution in [3.63, 3.8) is 0 Å². The van der Waals surface area contributed by atoms with Crippen LogP contribution in [0.5, 0.6) is 0 Å². The molecule has 1 N–H and O–H groups in total. The molecular formula is C10H19NOS. The Hall–Kier alpha value is 0.270. The summed E-state index contributed by atoms with van der Waals surface area (Å²) in [5.41, 5.74) is 0. The molecule has 0 radical (unpaired) electrons. The van der Waals surface area contributed by atoms with Crippen LogP contribution in [0.4, 0.5) is 0 Å². The third-order valence-corrected chi connectivity index (χ3v) is 4.47. The Morgan fingerprint density at radius 1 is 1.31 bits per heavy atom. The van der Waals surface area contributed by atoms with E-state index in [1.165, 1.54) is 32.4 Å². The smallest absolute Gasteiger partial charge is 0.0695 e. The van der Waals surface area contributed by atoms with E-state index < -0.39 is 0 Å². The van der Waals surface area contributed by atoms with Crippen LogP contribution in [-0.4, -0.2) is 46.7 Å². The van der Waals surface area contributed by atoms with Gasteiger partial charge < -0.3 is 5.11 Å². The van der Waals surface area contributed by atoms with Crippen molar-refractivity contribution in [3.05, 3.63) is 0 Å². The topological polar surface area (TPSA) is 23.5 Å². The van der Waals surface area contributed by atoms with Crippen molar-refractivity contribution in [3.8, 4) is 0 Å². The van der Waals surface area contributed by atoms with Gasteiger partial charge in [-0.25, -0.2) is 0 Å². The highest BCUT2D eigenvalue weighted by molar-refractivity contribution is 7.99.